The van der Waals surface area contributed by atoms with E-state index in [2.05, 4.69) is 108 Å². The predicted molar refractivity (Wildman–Crippen MR) is 269 cm³/mol. The lowest BCUT2D eigenvalue weighted by molar-refractivity contribution is 1.37. The second kappa shape index (κ2) is 14.3. The van der Waals surface area contributed by atoms with Gasteiger partial charge in [0.2, 0.25) is 0 Å². The highest BCUT2D eigenvalue weighted by Gasteiger charge is 2.25. The predicted octanol–water partition coefficient (Wildman–Crippen LogP) is 16.9. The summed E-state index contributed by atoms with van der Waals surface area (Å²) in [5.74, 6) is 0. The van der Waals surface area contributed by atoms with Crippen LogP contribution in [0.5, 0.6) is 0 Å². The van der Waals surface area contributed by atoms with Gasteiger partial charge in [0.25, 0.3) is 0 Å². The van der Waals surface area contributed by atoms with Crippen LogP contribution in [0.15, 0.2) is 218 Å². The number of thiophene rings is 1. The molecule has 0 fully saturated rings. The van der Waals surface area contributed by atoms with E-state index in [9.17, 15) is 5.48 Å². The molecule has 0 atom stereocenters. The SMILES string of the molecule is [2H]c1c([2H])c([2H])c2c(-c3ccc4ccc5cccnc5c4n3)c([2H])c([2H])c(-c3ccc(-c4sc(-c5ccc6ccc7cccc8ccc5c6c78)c(-c5ccccc5)c4-c4ccccc4)cc3)c2c1[2H]. The third-order valence-corrected chi connectivity index (χ3v) is 13.7. The fourth-order valence-electron chi connectivity index (χ4n) is 9.52. The first kappa shape index (κ1) is 30.1. The van der Waals surface area contributed by atoms with Crippen LogP contribution in [0.1, 0.15) is 8.22 Å². The molecule has 0 saturated carbocycles. The molecule has 13 rings (SSSR count). The highest BCUT2D eigenvalue weighted by molar-refractivity contribution is 7.20. The first-order valence-electron chi connectivity index (χ1n) is 24.0. The minimum atomic E-state index is -0.416. The number of hydrogen-bond acceptors (Lipinski definition) is 3. The van der Waals surface area contributed by atoms with E-state index in [-0.39, 0.29) is 46.1 Å². The summed E-state index contributed by atoms with van der Waals surface area (Å²) in [4.78, 5) is 11.8. The van der Waals surface area contributed by atoms with Crippen LogP contribution in [0.2, 0.25) is 0 Å². The average Bonchev–Trinajstić information content (AvgIpc) is 3.80. The molecule has 0 aliphatic carbocycles. The van der Waals surface area contributed by atoms with Gasteiger partial charge < -0.3 is 0 Å². The Hall–Kier alpha value is -7.98. The van der Waals surface area contributed by atoms with Crippen LogP contribution in [0.4, 0.5) is 0 Å². The Morgan fingerprint density at radius 1 is 0.365 bits per heavy atom. The first-order valence-corrected chi connectivity index (χ1v) is 21.8. The monoisotopic (exact) mass is 822 g/mol. The van der Waals surface area contributed by atoms with Gasteiger partial charge in [-0.1, -0.05) is 200 Å². The lowest BCUT2D eigenvalue weighted by Gasteiger charge is -2.15. The number of nitrogens with zero attached hydrogens (tertiary/aromatic N) is 2. The highest BCUT2D eigenvalue weighted by Crippen LogP contribution is 2.54. The van der Waals surface area contributed by atoms with E-state index in [4.69, 9.17) is 7.73 Å². The lowest BCUT2D eigenvalue weighted by Crippen LogP contribution is -1.91. The topological polar surface area (TPSA) is 25.8 Å². The summed E-state index contributed by atoms with van der Waals surface area (Å²) in [5, 5.41) is 9.39. The molecule has 3 heterocycles. The molecule has 0 N–H and O–H groups in total. The Bertz CT molecular complexity index is 4230. The molecule has 0 radical (unpaired) electrons. The van der Waals surface area contributed by atoms with Crippen LogP contribution in [0.3, 0.4) is 0 Å². The average molecular weight is 823 g/mol. The van der Waals surface area contributed by atoms with Crippen LogP contribution in [-0.4, -0.2) is 9.97 Å². The summed E-state index contributed by atoms with van der Waals surface area (Å²) in [7, 11) is 0. The van der Waals surface area contributed by atoms with E-state index in [0.29, 0.717) is 22.3 Å². The van der Waals surface area contributed by atoms with Crippen LogP contribution < -0.4 is 0 Å². The highest BCUT2D eigenvalue weighted by atomic mass is 32.1. The Balaban J connectivity index is 1.04. The molecule has 2 nitrogen and oxygen atoms in total. The van der Waals surface area contributed by atoms with Crippen molar-refractivity contribution in [3.63, 3.8) is 0 Å². The molecular formula is C60H36N2S. The van der Waals surface area contributed by atoms with E-state index in [1.807, 2.05) is 66.7 Å². The third kappa shape index (κ3) is 5.71. The van der Waals surface area contributed by atoms with Crippen molar-refractivity contribution < 1.29 is 8.22 Å². The molecule has 3 aromatic heterocycles. The van der Waals surface area contributed by atoms with Crippen molar-refractivity contribution in [3.05, 3.63) is 218 Å². The molecule has 0 aliphatic rings. The Morgan fingerprint density at radius 2 is 0.937 bits per heavy atom. The molecule has 292 valence electrons. The number of pyridine rings is 2. The maximum absolute atomic E-state index is 9.64. The molecule has 0 amide bonds. The van der Waals surface area contributed by atoms with Crippen molar-refractivity contribution in [1.29, 1.82) is 0 Å². The molecule has 0 aliphatic heterocycles. The van der Waals surface area contributed by atoms with E-state index in [1.165, 1.54) is 32.3 Å². The molecule has 3 heteroatoms. The zero-order chi connectivity index (χ0) is 46.7. The van der Waals surface area contributed by atoms with Gasteiger partial charge in [0.1, 0.15) is 0 Å². The number of aromatic nitrogens is 2. The number of rotatable bonds is 6. The minimum Gasteiger partial charge on any atom is -0.254 e. The van der Waals surface area contributed by atoms with E-state index in [0.717, 1.165) is 53.9 Å². The third-order valence-electron chi connectivity index (χ3n) is 12.4. The van der Waals surface area contributed by atoms with Gasteiger partial charge in [-0.15, -0.1) is 11.3 Å². The second-order valence-corrected chi connectivity index (χ2v) is 17.0. The van der Waals surface area contributed by atoms with Gasteiger partial charge >= 0.3 is 0 Å². The molecule has 10 aromatic carbocycles. The second-order valence-electron chi connectivity index (χ2n) is 15.9. The number of hydrogen-bond donors (Lipinski definition) is 0. The molecular weight excluding hydrogens is 781 g/mol. The standard InChI is InChI=1S/C60H36N2S/c1-3-11-38(12-4-1)55-56(39-13-5-2-6-14-39)60(51-32-29-42-23-22-40-15-9-16-41-28-31-50(51)54(42)53(40)41)63-59(55)45-26-20-37(21-27-45)46-33-34-49(48-19-8-7-18-47(46)48)52-35-30-44-25-24-43-17-10-36-61-57(43)58(44)62-52/h1-36H/i7D,8D,18D,19D,33D,34D. The summed E-state index contributed by atoms with van der Waals surface area (Å²) in [6.07, 6.45) is 1.70. The zero-order valence-corrected chi connectivity index (χ0v) is 34.4. The summed E-state index contributed by atoms with van der Waals surface area (Å²) in [5.41, 5.74) is 9.13. The minimum absolute atomic E-state index is 0.149. The van der Waals surface area contributed by atoms with Crippen molar-refractivity contribution >= 4 is 76.2 Å². The van der Waals surface area contributed by atoms with Crippen molar-refractivity contribution in [1.82, 2.24) is 9.97 Å². The molecule has 13 aromatic rings. The van der Waals surface area contributed by atoms with Crippen LogP contribution in [-0.2, 0) is 0 Å². The van der Waals surface area contributed by atoms with Gasteiger partial charge in [-0.25, -0.2) is 4.98 Å². The Morgan fingerprint density at radius 3 is 1.68 bits per heavy atom. The molecule has 0 spiro atoms. The molecule has 0 saturated heterocycles. The van der Waals surface area contributed by atoms with E-state index < -0.39 is 12.1 Å². The molecule has 63 heavy (non-hydrogen) atoms. The largest absolute Gasteiger partial charge is 0.254 e. The van der Waals surface area contributed by atoms with Crippen molar-refractivity contribution in [3.8, 4) is 65.5 Å². The van der Waals surface area contributed by atoms with Gasteiger partial charge in [-0.2, -0.15) is 0 Å². The van der Waals surface area contributed by atoms with Gasteiger partial charge in [0.05, 0.1) is 25.0 Å². The zero-order valence-electron chi connectivity index (χ0n) is 39.6. The summed E-state index contributed by atoms with van der Waals surface area (Å²) in [6.45, 7) is 0. The van der Waals surface area contributed by atoms with Gasteiger partial charge in [0.15, 0.2) is 0 Å². The lowest BCUT2D eigenvalue weighted by atomic mass is 9.88. The Kier molecular flexibility index (Phi) is 6.84. The van der Waals surface area contributed by atoms with E-state index >= 15 is 0 Å². The van der Waals surface area contributed by atoms with Crippen molar-refractivity contribution in [2.75, 3.05) is 0 Å². The quantitative estimate of drug-likeness (QED) is 0.156. The van der Waals surface area contributed by atoms with Crippen molar-refractivity contribution in [2.45, 2.75) is 0 Å². The maximum atomic E-state index is 9.64. The number of benzene rings is 10. The summed E-state index contributed by atoms with van der Waals surface area (Å²) < 4.78 is 55.5. The van der Waals surface area contributed by atoms with Crippen LogP contribution in [0.25, 0.3) is 130 Å². The Labute approximate surface area is 376 Å². The smallest absolute Gasteiger partial charge is 0.0972 e. The van der Waals surface area contributed by atoms with Gasteiger partial charge in [-0.05, 0) is 83.0 Å². The molecule has 0 unspecified atom stereocenters. The number of fused-ring (bicyclic) bond motifs is 4. The van der Waals surface area contributed by atoms with E-state index in [1.54, 1.807) is 23.6 Å². The summed E-state index contributed by atoms with van der Waals surface area (Å²) >= 11 is 1.75. The van der Waals surface area contributed by atoms with Gasteiger partial charge in [-0.3, -0.25) is 4.98 Å². The normalized spacial score (nSPS) is 13.1. The van der Waals surface area contributed by atoms with Crippen LogP contribution in [0, 0.1) is 0 Å². The summed E-state index contributed by atoms with van der Waals surface area (Å²) in [6, 6.07) is 58.6. The fraction of sp³-hybridized carbons (Fsp3) is 0. The van der Waals surface area contributed by atoms with Gasteiger partial charge in [0, 0.05) is 49.0 Å². The van der Waals surface area contributed by atoms with Crippen LogP contribution >= 0.6 is 11.3 Å². The molecule has 0 bridgehead atoms. The first-order chi connectivity index (χ1) is 33.7. The maximum Gasteiger partial charge on any atom is 0.0972 e. The fourth-order valence-corrected chi connectivity index (χ4v) is 10.9. The van der Waals surface area contributed by atoms with Crippen molar-refractivity contribution in [2.24, 2.45) is 0 Å².